The van der Waals surface area contributed by atoms with Crippen LogP contribution in [0.15, 0.2) is 59.4 Å². The zero-order valence-corrected chi connectivity index (χ0v) is 24.4. The van der Waals surface area contributed by atoms with Gasteiger partial charge in [0.2, 0.25) is 5.91 Å². The van der Waals surface area contributed by atoms with Crippen LogP contribution in [0.2, 0.25) is 5.15 Å². The Hall–Kier alpha value is -3.45. The summed E-state index contributed by atoms with van der Waals surface area (Å²) in [5.41, 5.74) is 3.73. The molecular formula is C32H38ClN3O4. The van der Waals surface area contributed by atoms with Crippen molar-refractivity contribution in [3.63, 3.8) is 0 Å². The lowest BCUT2D eigenvalue weighted by Gasteiger charge is -2.28. The fourth-order valence-electron chi connectivity index (χ4n) is 5.70. The van der Waals surface area contributed by atoms with Gasteiger partial charge in [0.1, 0.15) is 5.15 Å². The number of carboxylic acids is 1. The van der Waals surface area contributed by atoms with E-state index in [1.54, 1.807) is 0 Å². The Morgan fingerprint density at radius 3 is 2.38 bits per heavy atom. The second-order valence-corrected chi connectivity index (χ2v) is 12.3. The number of amides is 1. The molecule has 2 unspecified atom stereocenters. The lowest BCUT2D eigenvalue weighted by Crippen LogP contribution is -2.30. The number of carboxylic acid groups (broad SMARTS) is 1. The van der Waals surface area contributed by atoms with Gasteiger partial charge in [0.15, 0.2) is 0 Å². The fourth-order valence-corrected chi connectivity index (χ4v) is 5.86. The predicted octanol–water partition coefficient (Wildman–Crippen LogP) is 6.46. The highest BCUT2D eigenvalue weighted by Gasteiger charge is 2.34. The van der Waals surface area contributed by atoms with E-state index in [4.69, 9.17) is 11.6 Å². The monoisotopic (exact) mass is 563 g/mol. The molecule has 1 aromatic heterocycles. The molecule has 1 aliphatic carbocycles. The fraction of sp³-hybridized carbons (Fsp3) is 0.438. The van der Waals surface area contributed by atoms with Crippen molar-refractivity contribution in [2.24, 2.45) is 17.3 Å². The minimum atomic E-state index is -0.817. The topological polar surface area (TPSA) is 101 Å². The number of nitrogens with zero attached hydrogens (tertiary/aromatic N) is 2. The van der Waals surface area contributed by atoms with Crippen LogP contribution < -0.4 is 10.9 Å². The molecule has 1 fully saturated rings. The third-order valence-electron chi connectivity index (χ3n) is 8.13. The van der Waals surface area contributed by atoms with Gasteiger partial charge in [0.05, 0.1) is 18.4 Å². The van der Waals surface area contributed by atoms with E-state index in [0.29, 0.717) is 12.1 Å². The molecule has 212 valence electrons. The zero-order valence-electron chi connectivity index (χ0n) is 23.6. The largest absolute Gasteiger partial charge is 0.481 e. The highest BCUT2D eigenvalue weighted by molar-refractivity contribution is 6.29. The van der Waals surface area contributed by atoms with Crippen molar-refractivity contribution in [2.45, 2.75) is 72.3 Å². The molecule has 2 N–H and O–H groups in total. The van der Waals surface area contributed by atoms with E-state index in [0.717, 1.165) is 47.9 Å². The van der Waals surface area contributed by atoms with Crippen molar-refractivity contribution in [3.05, 3.63) is 92.4 Å². The molecule has 0 saturated heterocycles. The molecule has 40 heavy (non-hydrogen) atoms. The Kier molecular flexibility index (Phi) is 9.14. The van der Waals surface area contributed by atoms with Crippen LogP contribution in [0, 0.1) is 24.2 Å². The number of carbonyl (C=O) groups is 2. The van der Waals surface area contributed by atoms with Gasteiger partial charge in [-0.15, -0.1) is 0 Å². The number of aromatic nitrogens is 2. The van der Waals surface area contributed by atoms with Gasteiger partial charge in [-0.25, -0.2) is 4.68 Å². The molecule has 7 nitrogen and oxygen atoms in total. The molecular weight excluding hydrogens is 526 g/mol. The third kappa shape index (κ3) is 7.00. The van der Waals surface area contributed by atoms with Crippen molar-refractivity contribution in [1.82, 2.24) is 9.78 Å². The van der Waals surface area contributed by atoms with E-state index < -0.39 is 17.3 Å². The Morgan fingerprint density at radius 1 is 1.07 bits per heavy atom. The maximum absolute atomic E-state index is 13.8. The summed E-state index contributed by atoms with van der Waals surface area (Å²) in [6.45, 7) is 8.05. The highest BCUT2D eigenvalue weighted by atomic mass is 35.5. The molecule has 2 aromatic carbocycles. The molecule has 0 radical (unpaired) electrons. The van der Waals surface area contributed by atoms with Crippen molar-refractivity contribution in [1.29, 1.82) is 0 Å². The first-order chi connectivity index (χ1) is 18.9. The van der Waals surface area contributed by atoms with Crippen molar-refractivity contribution in [2.75, 3.05) is 5.32 Å². The van der Waals surface area contributed by atoms with E-state index in [-0.39, 0.29) is 35.0 Å². The summed E-state index contributed by atoms with van der Waals surface area (Å²) in [5, 5.41) is 17.4. The number of rotatable bonds is 9. The average Bonchev–Trinajstić information content (AvgIpc) is 3.41. The second-order valence-electron chi connectivity index (χ2n) is 12.0. The standard InChI is InChI=1S/C32H38ClN3O4/c1-20-24(18-25(31(39)40)32(2,3)4)10-7-11-26(20)34-30(38)29(22-8-5-6-9-22)23-14-12-21(13-15-23)19-36-28(37)17-16-27(33)35-36/h7,10-17,22,25,29H,5-6,8-9,18-19H2,1-4H3,(H,34,38)(H,39,40). The van der Waals surface area contributed by atoms with Gasteiger partial charge >= 0.3 is 5.97 Å². The van der Waals surface area contributed by atoms with Crippen LogP contribution in [-0.4, -0.2) is 26.8 Å². The van der Waals surface area contributed by atoms with Gasteiger partial charge in [0.25, 0.3) is 5.56 Å². The number of nitrogens with one attached hydrogen (secondary N) is 1. The predicted molar refractivity (Wildman–Crippen MR) is 158 cm³/mol. The SMILES string of the molecule is Cc1c(CC(C(=O)O)C(C)(C)C)cccc1NC(=O)C(c1ccc(Cn2nc(Cl)ccc2=O)cc1)C1CCCC1. The van der Waals surface area contributed by atoms with Gasteiger partial charge in [-0.1, -0.05) is 81.6 Å². The van der Waals surface area contributed by atoms with Crippen molar-refractivity contribution < 1.29 is 14.7 Å². The van der Waals surface area contributed by atoms with E-state index in [1.807, 2.05) is 70.2 Å². The Balaban J connectivity index is 1.56. The van der Waals surface area contributed by atoms with E-state index in [1.165, 1.54) is 16.8 Å². The summed E-state index contributed by atoms with van der Waals surface area (Å²) in [6.07, 6.45) is 4.59. The van der Waals surface area contributed by atoms with Gasteiger partial charge in [0, 0.05) is 11.8 Å². The first-order valence-corrected chi connectivity index (χ1v) is 14.3. The summed E-state index contributed by atoms with van der Waals surface area (Å²) in [6, 6.07) is 16.4. The molecule has 0 aliphatic heterocycles. The van der Waals surface area contributed by atoms with Crippen LogP contribution in [-0.2, 0) is 22.6 Å². The molecule has 8 heteroatoms. The maximum Gasteiger partial charge on any atom is 0.307 e. The van der Waals surface area contributed by atoms with Crippen LogP contribution in [0.4, 0.5) is 5.69 Å². The molecule has 2 atom stereocenters. The minimum absolute atomic E-state index is 0.0572. The molecule has 0 bridgehead atoms. The summed E-state index contributed by atoms with van der Waals surface area (Å²) in [5.74, 6) is -1.49. The van der Waals surface area contributed by atoms with Crippen LogP contribution >= 0.6 is 11.6 Å². The number of benzene rings is 2. The van der Waals surface area contributed by atoms with Crippen molar-refractivity contribution >= 4 is 29.2 Å². The van der Waals surface area contributed by atoms with Gasteiger partial charge < -0.3 is 10.4 Å². The van der Waals surface area contributed by atoms with Gasteiger partial charge in [-0.3, -0.25) is 14.4 Å². The number of hydrogen-bond acceptors (Lipinski definition) is 4. The molecule has 0 spiro atoms. The molecule has 1 saturated carbocycles. The van der Waals surface area contributed by atoms with Gasteiger partial charge in [-0.2, -0.15) is 5.10 Å². The first kappa shape index (κ1) is 29.5. The van der Waals surface area contributed by atoms with Crippen molar-refractivity contribution in [3.8, 4) is 0 Å². The maximum atomic E-state index is 13.8. The smallest absolute Gasteiger partial charge is 0.307 e. The summed E-state index contributed by atoms with van der Waals surface area (Å²) < 4.78 is 1.32. The molecule has 1 aliphatic rings. The number of aliphatic carboxylic acids is 1. The van der Waals surface area contributed by atoms with E-state index >= 15 is 0 Å². The average molecular weight is 564 g/mol. The quantitative estimate of drug-likeness (QED) is 0.311. The summed E-state index contributed by atoms with van der Waals surface area (Å²) in [4.78, 5) is 38.0. The Labute approximate surface area is 240 Å². The number of halogens is 1. The lowest BCUT2D eigenvalue weighted by molar-refractivity contribution is -0.145. The second kappa shape index (κ2) is 12.4. The van der Waals surface area contributed by atoms with Crippen LogP contribution in [0.5, 0.6) is 0 Å². The zero-order chi connectivity index (χ0) is 29.0. The van der Waals surface area contributed by atoms with Crippen LogP contribution in [0.1, 0.15) is 74.6 Å². The van der Waals surface area contributed by atoms with E-state index in [2.05, 4.69) is 10.4 Å². The summed E-state index contributed by atoms with van der Waals surface area (Å²) >= 11 is 5.96. The molecule has 1 amide bonds. The lowest BCUT2D eigenvalue weighted by atomic mass is 9.76. The first-order valence-electron chi connectivity index (χ1n) is 13.9. The third-order valence-corrected chi connectivity index (χ3v) is 8.33. The van der Waals surface area contributed by atoms with Crippen LogP contribution in [0.3, 0.4) is 0 Å². The Morgan fingerprint density at radius 2 is 1.75 bits per heavy atom. The van der Waals surface area contributed by atoms with Crippen LogP contribution in [0.25, 0.3) is 0 Å². The Bertz CT molecular complexity index is 1420. The molecule has 1 heterocycles. The highest BCUT2D eigenvalue weighted by Crippen LogP contribution is 2.39. The summed E-state index contributed by atoms with van der Waals surface area (Å²) in [7, 11) is 0. The minimum Gasteiger partial charge on any atom is -0.481 e. The number of anilines is 1. The normalized spacial score (nSPS) is 15.5. The molecule has 3 aromatic rings. The van der Waals surface area contributed by atoms with E-state index in [9.17, 15) is 19.5 Å². The van der Waals surface area contributed by atoms with Gasteiger partial charge in [-0.05, 0) is 71.9 Å². The number of carbonyl (C=O) groups excluding carboxylic acids is 1. The molecule has 4 rings (SSSR count). The number of hydrogen-bond donors (Lipinski definition) is 2.